The highest BCUT2D eigenvalue weighted by molar-refractivity contribution is 6.18. The van der Waals surface area contributed by atoms with Crippen molar-refractivity contribution in [3.05, 3.63) is 29.8 Å². The number of halogens is 1. The predicted octanol–water partition coefficient (Wildman–Crippen LogP) is 2.15. The number of nitrogens with one attached hydrogen (secondary N) is 1. The van der Waals surface area contributed by atoms with Crippen LogP contribution in [0.4, 0.5) is 5.69 Å². The van der Waals surface area contributed by atoms with Crippen molar-refractivity contribution in [2.24, 2.45) is 0 Å². The highest BCUT2D eigenvalue weighted by Crippen LogP contribution is 2.07. The van der Waals surface area contributed by atoms with Crippen LogP contribution >= 0.6 is 11.6 Å². The Hall–Kier alpha value is -1.02. The number of hydrogen-bond acceptors (Lipinski definition) is 2. The number of carbonyl (C=O) groups is 1. The molecule has 0 saturated heterocycles. The summed E-state index contributed by atoms with van der Waals surface area (Å²) in [5, 5.41) is 3.10. The van der Waals surface area contributed by atoms with Crippen molar-refractivity contribution in [1.82, 2.24) is 0 Å². The van der Waals surface area contributed by atoms with Gasteiger partial charge in [-0.05, 0) is 24.3 Å². The number of rotatable bonds is 4. The summed E-state index contributed by atoms with van der Waals surface area (Å²) >= 11 is 5.49. The Bertz CT molecular complexity index is 245. The molecule has 0 unspecified atom stereocenters. The number of hydrogen-bond donors (Lipinski definition) is 1. The first kappa shape index (κ1) is 9.07. The van der Waals surface area contributed by atoms with Crippen LogP contribution in [0.5, 0.6) is 0 Å². The molecule has 0 bridgehead atoms. The summed E-state index contributed by atoms with van der Waals surface area (Å²) in [6.07, 6.45) is 0.825. The zero-order chi connectivity index (χ0) is 8.81. The fourth-order valence-corrected chi connectivity index (χ4v) is 0.966. The molecule has 3 heteroatoms. The van der Waals surface area contributed by atoms with E-state index in [9.17, 15) is 4.79 Å². The van der Waals surface area contributed by atoms with Gasteiger partial charge in [-0.15, -0.1) is 11.6 Å². The molecular formula is C9H10ClNO. The third-order valence-corrected chi connectivity index (χ3v) is 1.66. The molecule has 0 amide bonds. The van der Waals surface area contributed by atoms with Gasteiger partial charge in [-0.3, -0.25) is 4.79 Å². The number of carbonyl (C=O) groups excluding carboxylic acids is 1. The largest absolute Gasteiger partial charge is 0.384 e. The second-order valence-electron chi connectivity index (χ2n) is 2.36. The van der Waals surface area contributed by atoms with E-state index in [1.165, 1.54) is 0 Å². The molecule has 0 aliphatic rings. The molecule has 2 nitrogen and oxygen atoms in total. The number of anilines is 1. The second-order valence-corrected chi connectivity index (χ2v) is 2.73. The monoisotopic (exact) mass is 183 g/mol. The zero-order valence-corrected chi connectivity index (χ0v) is 7.34. The maximum Gasteiger partial charge on any atom is 0.150 e. The molecule has 1 aromatic carbocycles. The quantitative estimate of drug-likeness (QED) is 0.573. The molecular weight excluding hydrogens is 174 g/mol. The average molecular weight is 184 g/mol. The molecule has 0 aliphatic carbocycles. The summed E-state index contributed by atoms with van der Waals surface area (Å²) in [5.74, 6) is 0.579. The Morgan fingerprint density at radius 1 is 1.33 bits per heavy atom. The standard InChI is InChI=1S/C9H10ClNO/c10-5-6-11-9-3-1-8(7-12)2-4-9/h1-4,7,11H,5-6H2. The topological polar surface area (TPSA) is 29.1 Å². The van der Waals surface area contributed by atoms with Crippen LogP contribution in [0.3, 0.4) is 0 Å². The molecule has 1 aromatic rings. The van der Waals surface area contributed by atoms with E-state index in [0.717, 1.165) is 18.5 Å². The summed E-state index contributed by atoms with van der Waals surface area (Å²) in [7, 11) is 0. The molecule has 0 aliphatic heterocycles. The van der Waals surface area contributed by atoms with E-state index in [4.69, 9.17) is 11.6 Å². The van der Waals surface area contributed by atoms with E-state index in [1.54, 1.807) is 12.1 Å². The molecule has 0 aromatic heterocycles. The smallest absolute Gasteiger partial charge is 0.150 e. The average Bonchev–Trinajstić information content (AvgIpc) is 2.15. The van der Waals surface area contributed by atoms with Gasteiger partial charge in [-0.1, -0.05) is 0 Å². The van der Waals surface area contributed by atoms with E-state index in [1.807, 2.05) is 12.1 Å². The lowest BCUT2D eigenvalue weighted by Crippen LogP contribution is -2.01. The highest BCUT2D eigenvalue weighted by atomic mass is 35.5. The van der Waals surface area contributed by atoms with Crippen molar-refractivity contribution < 1.29 is 4.79 Å². The Morgan fingerprint density at radius 3 is 2.50 bits per heavy atom. The first-order valence-corrected chi connectivity index (χ1v) is 4.25. The third kappa shape index (κ3) is 2.55. The molecule has 64 valence electrons. The first-order valence-electron chi connectivity index (χ1n) is 3.72. The van der Waals surface area contributed by atoms with Gasteiger partial charge in [0, 0.05) is 23.7 Å². The Morgan fingerprint density at radius 2 is 2.00 bits per heavy atom. The van der Waals surface area contributed by atoms with Crippen molar-refractivity contribution in [2.75, 3.05) is 17.7 Å². The van der Waals surface area contributed by atoms with Crippen LogP contribution in [-0.2, 0) is 0 Å². The Kier molecular flexibility index (Phi) is 3.61. The third-order valence-electron chi connectivity index (χ3n) is 1.47. The van der Waals surface area contributed by atoms with E-state index in [2.05, 4.69) is 5.32 Å². The van der Waals surface area contributed by atoms with Crippen molar-refractivity contribution >= 4 is 23.6 Å². The summed E-state index contributed by atoms with van der Waals surface area (Å²) in [5.41, 5.74) is 1.67. The molecule has 1 rings (SSSR count). The summed E-state index contributed by atoms with van der Waals surface area (Å²) < 4.78 is 0. The van der Waals surface area contributed by atoms with Crippen LogP contribution < -0.4 is 5.32 Å². The van der Waals surface area contributed by atoms with E-state index < -0.39 is 0 Å². The van der Waals surface area contributed by atoms with Gasteiger partial charge in [0.1, 0.15) is 6.29 Å². The van der Waals surface area contributed by atoms with Crippen LogP contribution in [0.2, 0.25) is 0 Å². The van der Waals surface area contributed by atoms with Crippen LogP contribution in [0, 0.1) is 0 Å². The fraction of sp³-hybridized carbons (Fsp3) is 0.222. The van der Waals surface area contributed by atoms with E-state index in [0.29, 0.717) is 11.4 Å². The molecule has 12 heavy (non-hydrogen) atoms. The molecule has 0 atom stereocenters. The van der Waals surface area contributed by atoms with Gasteiger partial charge in [-0.25, -0.2) is 0 Å². The van der Waals surface area contributed by atoms with Gasteiger partial charge in [0.25, 0.3) is 0 Å². The van der Waals surface area contributed by atoms with Crippen LogP contribution in [-0.4, -0.2) is 18.7 Å². The SMILES string of the molecule is O=Cc1ccc(NCCCl)cc1. The van der Waals surface area contributed by atoms with Crippen molar-refractivity contribution in [1.29, 1.82) is 0 Å². The van der Waals surface area contributed by atoms with Gasteiger partial charge < -0.3 is 5.32 Å². The minimum absolute atomic E-state index is 0.579. The summed E-state index contributed by atoms with van der Waals surface area (Å²) in [4.78, 5) is 10.3. The maximum atomic E-state index is 10.3. The maximum absolute atomic E-state index is 10.3. The molecule has 1 N–H and O–H groups in total. The summed E-state index contributed by atoms with van der Waals surface area (Å²) in [6.45, 7) is 0.738. The van der Waals surface area contributed by atoms with Gasteiger partial charge in [0.2, 0.25) is 0 Å². The van der Waals surface area contributed by atoms with Gasteiger partial charge in [0.05, 0.1) is 0 Å². The lowest BCUT2D eigenvalue weighted by molar-refractivity contribution is 0.112. The molecule has 0 heterocycles. The minimum Gasteiger partial charge on any atom is -0.384 e. The molecule has 0 spiro atoms. The Labute approximate surface area is 76.5 Å². The molecule has 0 fully saturated rings. The normalized spacial score (nSPS) is 9.42. The minimum atomic E-state index is 0.579. The van der Waals surface area contributed by atoms with Gasteiger partial charge in [-0.2, -0.15) is 0 Å². The molecule has 0 saturated carbocycles. The first-order chi connectivity index (χ1) is 5.86. The van der Waals surface area contributed by atoms with Crippen molar-refractivity contribution in [2.45, 2.75) is 0 Å². The lowest BCUT2D eigenvalue weighted by atomic mass is 10.2. The van der Waals surface area contributed by atoms with Crippen molar-refractivity contribution in [3.63, 3.8) is 0 Å². The lowest BCUT2D eigenvalue weighted by Gasteiger charge is -2.02. The molecule has 0 radical (unpaired) electrons. The second kappa shape index (κ2) is 4.78. The summed E-state index contributed by atoms with van der Waals surface area (Å²) in [6, 6.07) is 7.25. The van der Waals surface area contributed by atoms with E-state index in [-0.39, 0.29) is 0 Å². The number of benzene rings is 1. The van der Waals surface area contributed by atoms with Crippen LogP contribution in [0.25, 0.3) is 0 Å². The highest BCUT2D eigenvalue weighted by Gasteiger charge is 1.90. The zero-order valence-electron chi connectivity index (χ0n) is 6.59. The van der Waals surface area contributed by atoms with Gasteiger partial charge in [0.15, 0.2) is 0 Å². The number of aldehydes is 1. The van der Waals surface area contributed by atoms with E-state index >= 15 is 0 Å². The Balaban J connectivity index is 2.58. The van der Waals surface area contributed by atoms with Crippen LogP contribution in [0.1, 0.15) is 10.4 Å². The fourth-order valence-electron chi connectivity index (χ4n) is 0.871. The number of alkyl halides is 1. The van der Waals surface area contributed by atoms with Crippen LogP contribution in [0.15, 0.2) is 24.3 Å². The van der Waals surface area contributed by atoms with Crippen molar-refractivity contribution in [3.8, 4) is 0 Å². The van der Waals surface area contributed by atoms with Gasteiger partial charge >= 0.3 is 0 Å². The predicted molar refractivity (Wildman–Crippen MR) is 51.0 cm³/mol.